The molecule has 3 heteroatoms. The van der Waals surface area contributed by atoms with E-state index in [0.29, 0.717) is 6.04 Å². The molecule has 0 aromatic carbocycles. The molecule has 0 bridgehead atoms. The zero-order valence-electron chi connectivity index (χ0n) is 13.2. The van der Waals surface area contributed by atoms with Crippen molar-refractivity contribution in [2.75, 3.05) is 0 Å². The first-order valence-corrected chi connectivity index (χ1v) is 8.99. The SMILES string of the molecule is CC(C)CC(C)CC(NN)c1cc2c(s1)CCCCC2. The quantitative estimate of drug-likeness (QED) is 0.457. The molecule has 2 unspecified atom stereocenters. The van der Waals surface area contributed by atoms with Crippen molar-refractivity contribution in [2.24, 2.45) is 17.7 Å². The van der Waals surface area contributed by atoms with E-state index in [1.54, 1.807) is 10.4 Å². The van der Waals surface area contributed by atoms with Crippen LogP contribution in [0, 0.1) is 11.8 Å². The maximum atomic E-state index is 5.83. The van der Waals surface area contributed by atoms with E-state index in [1.165, 1.54) is 43.4 Å². The molecule has 2 atom stereocenters. The van der Waals surface area contributed by atoms with Gasteiger partial charge in [0.15, 0.2) is 0 Å². The van der Waals surface area contributed by atoms with Gasteiger partial charge in [-0.05, 0) is 62.0 Å². The van der Waals surface area contributed by atoms with Crippen LogP contribution in [-0.4, -0.2) is 0 Å². The Morgan fingerprint density at radius 3 is 2.60 bits per heavy atom. The van der Waals surface area contributed by atoms with E-state index in [1.807, 2.05) is 11.3 Å². The van der Waals surface area contributed by atoms with Crippen LogP contribution in [-0.2, 0) is 12.8 Å². The van der Waals surface area contributed by atoms with Gasteiger partial charge in [0, 0.05) is 9.75 Å². The van der Waals surface area contributed by atoms with Gasteiger partial charge in [0.05, 0.1) is 6.04 Å². The van der Waals surface area contributed by atoms with Gasteiger partial charge in [-0.1, -0.05) is 27.2 Å². The Hall–Kier alpha value is -0.380. The van der Waals surface area contributed by atoms with Gasteiger partial charge >= 0.3 is 0 Å². The minimum atomic E-state index is 0.334. The third kappa shape index (κ3) is 4.31. The van der Waals surface area contributed by atoms with Gasteiger partial charge in [-0.15, -0.1) is 11.3 Å². The van der Waals surface area contributed by atoms with Gasteiger partial charge < -0.3 is 0 Å². The Balaban J connectivity index is 2.04. The Bertz CT molecular complexity index is 388. The van der Waals surface area contributed by atoms with Crippen LogP contribution in [0.25, 0.3) is 0 Å². The average molecular weight is 295 g/mol. The van der Waals surface area contributed by atoms with E-state index < -0.39 is 0 Å². The van der Waals surface area contributed by atoms with Gasteiger partial charge in [-0.2, -0.15) is 0 Å². The lowest BCUT2D eigenvalue weighted by atomic mass is 9.92. The highest BCUT2D eigenvalue weighted by Crippen LogP contribution is 2.35. The molecule has 3 N–H and O–H groups in total. The second kappa shape index (κ2) is 7.58. The first-order valence-electron chi connectivity index (χ1n) is 8.17. The lowest BCUT2D eigenvalue weighted by molar-refractivity contribution is 0.361. The fourth-order valence-corrected chi connectivity index (χ4v) is 4.76. The summed E-state index contributed by atoms with van der Waals surface area (Å²) in [5.41, 5.74) is 4.65. The Kier molecular flexibility index (Phi) is 6.06. The summed E-state index contributed by atoms with van der Waals surface area (Å²) in [5, 5.41) is 0. The molecule has 1 aliphatic carbocycles. The molecule has 0 saturated carbocycles. The molecular weight excluding hydrogens is 264 g/mol. The van der Waals surface area contributed by atoms with Gasteiger partial charge in [-0.25, -0.2) is 0 Å². The number of aryl methyl sites for hydroxylation is 2. The molecule has 2 rings (SSSR count). The standard InChI is InChI=1S/C17H30N2S/c1-12(2)9-13(3)10-15(19-18)17-11-14-7-5-4-6-8-16(14)20-17/h11-13,15,19H,4-10,18H2,1-3H3. The van der Waals surface area contributed by atoms with Crippen LogP contribution in [0.3, 0.4) is 0 Å². The van der Waals surface area contributed by atoms with Crippen molar-refractivity contribution in [1.29, 1.82) is 0 Å². The topological polar surface area (TPSA) is 38.0 Å². The minimum absolute atomic E-state index is 0.334. The van der Waals surface area contributed by atoms with Crippen LogP contribution >= 0.6 is 11.3 Å². The average Bonchev–Trinajstić information content (AvgIpc) is 2.66. The Morgan fingerprint density at radius 2 is 1.90 bits per heavy atom. The van der Waals surface area contributed by atoms with Crippen LogP contribution in [0.1, 0.15) is 74.2 Å². The van der Waals surface area contributed by atoms with Crippen molar-refractivity contribution in [3.63, 3.8) is 0 Å². The zero-order chi connectivity index (χ0) is 14.5. The number of nitrogens with one attached hydrogen (secondary N) is 1. The van der Waals surface area contributed by atoms with E-state index in [-0.39, 0.29) is 0 Å². The Morgan fingerprint density at radius 1 is 1.15 bits per heavy atom. The highest BCUT2D eigenvalue weighted by atomic mass is 32.1. The van der Waals surface area contributed by atoms with Crippen LogP contribution in [0.15, 0.2) is 6.07 Å². The first-order chi connectivity index (χ1) is 9.60. The second-order valence-corrected chi connectivity index (χ2v) is 8.02. The van der Waals surface area contributed by atoms with Crippen molar-refractivity contribution in [1.82, 2.24) is 5.43 Å². The van der Waals surface area contributed by atoms with Crippen molar-refractivity contribution in [3.05, 3.63) is 21.4 Å². The number of hydrogen-bond acceptors (Lipinski definition) is 3. The van der Waals surface area contributed by atoms with Crippen LogP contribution < -0.4 is 11.3 Å². The second-order valence-electron chi connectivity index (χ2n) is 6.85. The van der Waals surface area contributed by atoms with E-state index in [2.05, 4.69) is 32.3 Å². The molecule has 20 heavy (non-hydrogen) atoms. The van der Waals surface area contributed by atoms with E-state index >= 15 is 0 Å². The summed E-state index contributed by atoms with van der Waals surface area (Å²) < 4.78 is 0. The highest BCUT2D eigenvalue weighted by Gasteiger charge is 2.20. The monoisotopic (exact) mass is 294 g/mol. The number of rotatable bonds is 6. The third-order valence-electron chi connectivity index (χ3n) is 4.32. The summed E-state index contributed by atoms with van der Waals surface area (Å²) >= 11 is 2.00. The van der Waals surface area contributed by atoms with Gasteiger partial charge in [0.2, 0.25) is 0 Å². The molecule has 1 heterocycles. The van der Waals surface area contributed by atoms with Crippen molar-refractivity contribution in [2.45, 2.75) is 71.8 Å². The summed E-state index contributed by atoms with van der Waals surface area (Å²) in [7, 11) is 0. The summed E-state index contributed by atoms with van der Waals surface area (Å²) in [6.07, 6.45) is 9.08. The summed E-state index contributed by atoms with van der Waals surface area (Å²) in [5.74, 6) is 7.32. The fraction of sp³-hybridized carbons (Fsp3) is 0.765. The van der Waals surface area contributed by atoms with Crippen molar-refractivity contribution in [3.8, 4) is 0 Å². The Labute approximate surface area is 128 Å². The van der Waals surface area contributed by atoms with Crippen LogP contribution in [0.4, 0.5) is 0 Å². The predicted molar refractivity (Wildman–Crippen MR) is 88.9 cm³/mol. The molecule has 114 valence electrons. The minimum Gasteiger partial charge on any atom is -0.271 e. The summed E-state index contributed by atoms with van der Waals surface area (Å²) in [4.78, 5) is 3.07. The molecule has 0 amide bonds. The predicted octanol–water partition coefficient (Wildman–Crippen LogP) is 4.59. The lowest BCUT2D eigenvalue weighted by Crippen LogP contribution is -2.29. The molecule has 0 aliphatic heterocycles. The highest BCUT2D eigenvalue weighted by molar-refractivity contribution is 7.12. The molecule has 1 aliphatic rings. The third-order valence-corrected chi connectivity index (χ3v) is 5.67. The maximum absolute atomic E-state index is 5.83. The van der Waals surface area contributed by atoms with Crippen molar-refractivity contribution < 1.29 is 0 Å². The largest absolute Gasteiger partial charge is 0.271 e. The summed E-state index contributed by atoms with van der Waals surface area (Å²) in [6.45, 7) is 6.95. The summed E-state index contributed by atoms with van der Waals surface area (Å²) in [6, 6.07) is 2.76. The molecule has 1 aromatic heterocycles. The van der Waals surface area contributed by atoms with Crippen LogP contribution in [0.2, 0.25) is 0 Å². The van der Waals surface area contributed by atoms with Gasteiger partial charge in [-0.3, -0.25) is 11.3 Å². The van der Waals surface area contributed by atoms with Gasteiger partial charge in [0.25, 0.3) is 0 Å². The molecule has 1 aromatic rings. The fourth-order valence-electron chi connectivity index (χ4n) is 3.43. The zero-order valence-corrected chi connectivity index (χ0v) is 14.1. The smallest absolute Gasteiger partial charge is 0.0556 e. The molecular formula is C17H30N2S. The number of thiophene rings is 1. The number of hydrazine groups is 1. The van der Waals surface area contributed by atoms with E-state index in [4.69, 9.17) is 5.84 Å². The molecule has 2 nitrogen and oxygen atoms in total. The molecule has 0 saturated heterocycles. The van der Waals surface area contributed by atoms with Crippen molar-refractivity contribution >= 4 is 11.3 Å². The lowest BCUT2D eigenvalue weighted by Gasteiger charge is -2.20. The number of nitrogens with two attached hydrogens (primary N) is 1. The number of fused-ring (bicyclic) bond motifs is 1. The molecule has 0 spiro atoms. The number of hydrogen-bond donors (Lipinski definition) is 2. The normalized spacial score (nSPS) is 18.6. The van der Waals surface area contributed by atoms with E-state index in [9.17, 15) is 0 Å². The first kappa shape index (κ1) is 16.0. The molecule has 0 radical (unpaired) electrons. The van der Waals surface area contributed by atoms with E-state index in [0.717, 1.165) is 18.3 Å². The van der Waals surface area contributed by atoms with Crippen LogP contribution in [0.5, 0.6) is 0 Å². The molecule has 0 fully saturated rings. The maximum Gasteiger partial charge on any atom is 0.0556 e. The van der Waals surface area contributed by atoms with Gasteiger partial charge in [0.1, 0.15) is 0 Å².